The van der Waals surface area contributed by atoms with Crippen molar-refractivity contribution in [3.63, 3.8) is 0 Å². The number of benzene rings is 1. The summed E-state index contributed by atoms with van der Waals surface area (Å²) in [5.74, 6) is -1.58. The third-order valence-corrected chi connectivity index (χ3v) is 4.01. The Morgan fingerprint density at radius 3 is 2.44 bits per heavy atom. The van der Waals surface area contributed by atoms with Gasteiger partial charge in [-0.05, 0) is 37.5 Å². The molecule has 134 valence electrons. The topological polar surface area (TPSA) is 90.9 Å². The molecular formula is C17H21ClN4O3. The Balaban J connectivity index is 1.73. The van der Waals surface area contributed by atoms with Gasteiger partial charge in [0.15, 0.2) is 0 Å². The number of likely N-dealkylation sites (tertiary alicyclic amines) is 1. The van der Waals surface area contributed by atoms with E-state index in [-0.39, 0.29) is 12.3 Å². The van der Waals surface area contributed by atoms with Crippen molar-refractivity contribution in [1.29, 1.82) is 0 Å². The van der Waals surface area contributed by atoms with Crippen LogP contribution in [0.25, 0.3) is 0 Å². The van der Waals surface area contributed by atoms with Crippen molar-refractivity contribution in [2.24, 2.45) is 5.10 Å². The van der Waals surface area contributed by atoms with Crippen LogP contribution in [0.5, 0.6) is 0 Å². The zero-order valence-corrected chi connectivity index (χ0v) is 14.8. The molecule has 0 bridgehead atoms. The molecule has 0 spiro atoms. The highest BCUT2D eigenvalue weighted by molar-refractivity contribution is 6.35. The summed E-state index contributed by atoms with van der Waals surface area (Å²) >= 11 is 5.80. The second-order valence-electron chi connectivity index (χ2n) is 5.87. The van der Waals surface area contributed by atoms with Gasteiger partial charge in [0.1, 0.15) is 0 Å². The molecule has 0 radical (unpaired) electrons. The van der Waals surface area contributed by atoms with Gasteiger partial charge in [-0.1, -0.05) is 23.7 Å². The van der Waals surface area contributed by atoms with Gasteiger partial charge < -0.3 is 10.2 Å². The first-order valence-corrected chi connectivity index (χ1v) is 8.47. The summed E-state index contributed by atoms with van der Waals surface area (Å²) in [6.07, 6.45) is 1.86. The Morgan fingerprint density at radius 2 is 1.80 bits per heavy atom. The van der Waals surface area contributed by atoms with E-state index in [4.69, 9.17) is 11.6 Å². The number of halogens is 1. The fraction of sp³-hybridized carbons (Fsp3) is 0.412. The number of carbonyl (C=O) groups excluding carboxylic acids is 3. The second kappa shape index (κ2) is 9.17. The third kappa shape index (κ3) is 6.19. The molecule has 1 aromatic rings. The summed E-state index contributed by atoms with van der Waals surface area (Å²) in [6, 6.07) is 7.16. The molecule has 1 aliphatic rings. The third-order valence-electron chi connectivity index (χ3n) is 3.76. The van der Waals surface area contributed by atoms with Crippen LogP contribution in [0.3, 0.4) is 0 Å². The molecule has 0 unspecified atom stereocenters. The molecule has 1 aliphatic heterocycles. The molecule has 3 amide bonds. The van der Waals surface area contributed by atoms with E-state index in [2.05, 4.69) is 15.8 Å². The number of hydrogen-bond acceptors (Lipinski definition) is 4. The number of nitrogens with one attached hydrogen (secondary N) is 2. The highest BCUT2D eigenvalue weighted by atomic mass is 35.5. The normalized spacial score (nSPS) is 14.3. The van der Waals surface area contributed by atoms with Crippen LogP contribution in [0, 0.1) is 0 Å². The Morgan fingerprint density at radius 1 is 1.16 bits per heavy atom. The molecular weight excluding hydrogens is 344 g/mol. The van der Waals surface area contributed by atoms with Crippen molar-refractivity contribution < 1.29 is 14.4 Å². The van der Waals surface area contributed by atoms with Crippen LogP contribution in [0.1, 0.15) is 31.7 Å². The summed E-state index contributed by atoms with van der Waals surface area (Å²) in [4.78, 5) is 36.9. The smallest absolute Gasteiger partial charge is 0.329 e. The van der Waals surface area contributed by atoms with Crippen LogP contribution in [0.2, 0.25) is 5.02 Å². The van der Waals surface area contributed by atoms with Crippen LogP contribution in [-0.4, -0.2) is 41.4 Å². The average Bonchev–Trinajstić information content (AvgIpc) is 3.13. The van der Waals surface area contributed by atoms with E-state index in [0.717, 1.165) is 18.4 Å². The lowest BCUT2D eigenvalue weighted by Crippen LogP contribution is -2.40. The van der Waals surface area contributed by atoms with Gasteiger partial charge in [-0.3, -0.25) is 14.4 Å². The van der Waals surface area contributed by atoms with Crippen LogP contribution < -0.4 is 10.7 Å². The van der Waals surface area contributed by atoms with Crippen molar-refractivity contribution in [2.45, 2.75) is 32.7 Å². The van der Waals surface area contributed by atoms with Crippen LogP contribution >= 0.6 is 11.6 Å². The Kier molecular flexibility index (Phi) is 6.94. The highest BCUT2D eigenvalue weighted by Gasteiger charge is 2.24. The summed E-state index contributed by atoms with van der Waals surface area (Å²) < 4.78 is 0. The number of amides is 3. The maximum absolute atomic E-state index is 11.9. The van der Waals surface area contributed by atoms with E-state index in [1.54, 1.807) is 19.1 Å². The van der Waals surface area contributed by atoms with Crippen LogP contribution in [0.15, 0.2) is 29.4 Å². The molecule has 0 atom stereocenters. The van der Waals surface area contributed by atoms with Gasteiger partial charge in [0.2, 0.25) is 5.91 Å². The lowest BCUT2D eigenvalue weighted by Gasteiger charge is -2.13. The first kappa shape index (κ1) is 18.9. The quantitative estimate of drug-likeness (QED) is 0.471. The summed E-state index contributed by atoms with van der Waals surface area (Å²) in [5.41, 5.74) is 3.55. The van der Waals surface area contributed by atoms with Gasteiger partial charge in [-0.2, -0.15) is 5.10 Å². The van der Waals surface area contributed by atoms with E-state index >= 15 is 0 Å². The second-order valence-corrected chi connectivity index (χ2v) is 6.30. The summed E-state index contributed by atoms with van der Waals surface area (Å²) in [7, 11) is 0. The van der Waals surface area contributed by atoms with Gasteiger partial charge >= 0.3 is 11.8 Å². The number of carbonyl (C=O) groups is 3. The maximum atomic E-state index is 11.9. The minimum Gasteiger partial charge on any atom is -0.352 e. The van der Waals surface area contributed by atoms with Crippen molar-refractivity contribution in [3.8, 4) is 0 Å². The standard InChI is InChI=1S/C17H21ClN4O3/c1-12(20-21-16(24)17(25)22-8-2-3-9-22)10-15(23)19-11-13-4-6-14(18)7-5-13/h4-7H,2-3,8-11H2,1H3,(H,19,23)(H,21,24)/b20-12-. The molecule has 7 nitrogen and oxygen atoms in total. The van der Waals surface area contributed by atoms with Gasteiger partial charge in [-0.15, -0.1) is 0 Å². The molecule has 1 saturated heterocycles. The zero-order chi connectivity index (χ0) is 18.2. The zero-order valence-electron chi connectivity index (χ0n) is 14.0. The summed E-state index contributed by atoms with van der Waals surface area (Å²) in [6.45, 7) is 3.19. The monoisotopic (exact) mass is 364 g/mol. The number of rotatable bonds is 5. The number of hydrazone groups is 1. The summed E-state index contributed by atoms with van der Waals surface area (Å²) in [5, 5.41) is 7.20. The van der Waals surface area contributed by atoms with E-state index < -0.39 is 11.8 Å². The minimum atomic E-state index is -0.775. The lowest BCUT2D eigenvalue weighted by molar-refractivity contribution is -0.145. The van der Waals surface area contributed by atoms with E-state index in [1.165, 1.54) is 4.90 Å². The molecule has 0 aliphatic carbocycles. The number of nitrogens with zero attached hydrogens (tertiary/aromatic N) is 2. The van der Waals surface area contributed by atoms with E-state index in [1.807, 2.05) is 12.1 Å². The van der Waals surface area contributed by atoms with Gasteiger partial charge in [0.05, 0.1) is 6.42 Å². The van der Waals surface area contributed by atoms with Gasteiger partial charge in [0, 0.05) is 30.4 Å². The molecule has 1 heterocycles. The maximum Gasteiger partial charge on any atom is 0.329 e. The average molecular weight is 365 g/mol. The van der Waals surface area contributed by atoms with Crippen molar-refractivity contribution in [2.75, 3.05) is 13.1 Å². The predicted octanol–water partition coefficient (Wildman–Crippen LogP) is 1.46. The van der Waals surface area contributed by atoms with Crippen molar-refractivity contribution in [1.82, 2.24) is 15.6 Å². The lowest BCUT2D eigenvalue weighted by atomic mass is 10.2. The van der Waals surface area contributed by atoms with Crippen molar-refractivity contribution in [3.05, 3.63) is 34.9 Å². The molecule has 2 rings (SSSR count). The molecule has 0 aromatic heterocycles. The molecule has 0 saturated carbocycles. The SMILES string of the molecule is C/C(CC(=O)NCc1ccc(Cl)cc1)=N/NC(=O)C(=O)N1CCCC1. The molecule has 25 heavy (non-hydrogen) atoms. The minimum absolute atomic E-state index is 0.0335. The van der Waals surface area contributed by atoms with Crippen molar-refractivity contribution >= 4 is 35.0 Å². The Hall–Kier alpha value is -2.41. The number of hydrogen-bond donors (Lipinski definition) is 2. The first-order chi connectivity index (χ1) is 12.0. The molecule has 1 aromatic carbocycles. The van der Waals surface area contributed by atoms with E-state index in [9.17, 15) is 14.4 Å². The van der Waals surface area contributed by atoms with E-state index in [0.29, 0.717) is 30.4 Å². The highest BCUT2D eigenvalue weighted by Crippen LogP contribution is 2.09. The van der Waals surface area contributed by atoms with Crippen LogP contribution in [-0.2, 0) is 20.9 Å². The Labute approximate surface area is 151 Å². The Bertz CT molecular complexity index is 667. The molecule has 2 N–H and O–H groups in total. The van der Waals surface area contributed by atoms with Crippen LogP contribution in [0.4, 0.5) is 0 Å². The fourth-order valence-corrected chi connectivity index (χ4v) is 2.52. The first-order valence-electron chi connectivity index (χ1n) is 8.09. The van der Waals surface area contributed by atoms with Gasteiger partial charge in [-0.25, -0.2) is 5.43 Å². The fourth-order valence-electron chi connectivity index (χ4n) is 2.40. The van der Waals surface area contributed by atoms with Gasteiger partial charge in [0.25, 0.3) is 0 Å². The predicted molar refractivity (Wildman–Crippen MR) is 95.0 cm³/mol. The molecule has 1 fully saturated rings. The largest absolute Gasteiger partial charge is 0.352 e. The molecule has 8 heteroatoms.